The van der Waals surface area contributed by atoms with Crippen molar-refractivity contribution in [3.05, 3.63) is 81.7 Å². The summed E-state index contributed by atoms with van der Waals surface area (Å²) in [5, 5.41) is 3.92. The normalized spacial score (nSPS) is 18.8. The Morgan fingerprint density at radius 2 is 1.86 bits per heavy atom. The van der Waals surface area contributed by atoms with E-state index in [1.165, 1.54) is 23.0 Å². The van der Waals surface area contributed by atoms with E-state index in [0.29, 0.717) is 23.4 Å². The molecule has 0 saturated carbocycles. The topological polar surface area (TPSA) is 63.1 Å². The fourth-order valence-corrected chi connectivity index (χ4v) is 3.63. The molecule has 2 heterocycles. The molecule has 0 amide bonds. The SMILES string of the molecule is CC1CN(c2ccc(F)cc2)CC1Nc1ncn(Cc2ccc(Cl)cc2)c(=O)n1. The van der Waals surface area contributed by atoms with Gasteiger partial charge < -0.3 is 10.2 Å². The molecule has 0 aliphatic carbocycles. The summed E-state index contributed by atoms with van der Waals surface area (Å²) in [6.45, 7) is 4.07. The second-order valence-electron chi connectivity index (χ2n) is 7.33. The van der Waals surface area contributed by atoms with Crippen LogP contribution in [0, 0.1) is 11.7 Å². The van der Waals surface area contributed by atoms with Crippen LogP contribution in [-0.2, 0) is 6.54 Å². The maximum atomic E-state index is 13.2. The van der Waals surface area contributed by atoms with Crippen LogP contribution in [0.3, 0.4) is 0 Å². The summed E-state index contributed by atoms with van der Waals surface area (Å²) >= 11 is 5.89. The lowest BCUT2D eigenvalue weighted by Crippen LogP contribution is -2.32. The Morgan fingerprint density at radius 1 is 1.14 bits per heavy atom. The first-order valence-corrected chi connectivity index (χ1v) is 9.81. The zero-order chi connectivity index (χ0) is 20.4. The van der Waals surface area contributed by atoms with E-state index in [1.54, 1.807) is 24.3 Å². The van der Waals surface area contributed by atoms with Crippen LogP contribution >= 0.6 is 11.6 Å². The molecule has 1 saturated heterocycles. The largest absolute Gasteiger partial charge is 0.369 e. The van der Waals surface area contributed by atoms with E-state index < -0.39 is 0 Å². The van der Waals surface area contributed by atoms with Crippen molar-refractivity contribution in [1.29, 1.82) is 0 Å². The van der Waals surface area contributed by atoms with Crippen molar-refractivity contribution in [2.45, 2.75) is 19.5 Å². The van der Waals surface area contributed by atoms with Gasteiger partial charge in [0.05, 0.1) is 12.6 Å². The van der Waals surface area contributed by atoms with Crippen LogP contribution in [0.25, 0.3) is 0 Å². The van der Waals surface area contributed by atoms with Crippen LogP contribution < -0.4 is 15.9 Å². The predicted molar refractivity (Wildman–Crippen MR) is 112 cm³/mol. The molecule has 1 aliphatic rings. The van der Waals surface area contributed by atoms with Gasteiger partial charge in [-0.25, -0.2) is 14.2 Å². The van der Waals surface area contributed by atoms with E-state index in [9.17, 15) is 9.18 Å². The van der Waals surface area contributed by atoms with Gasteiger partial charge in [0.15, 0.2) is 0 Å². The molecule has 0 radical (unpaired) electrons. The van der Waals surface area contributed by atoms with Crippen LogP contribution in [-0.4, -0.2) is 33.7 Å². The summed E-state index contributed by atoms with van der Waals surface area (Å²) in [5.74, 6) is 0.392. The molecule has 1 N–H and O–H groups in total. The average molecular weight is 414 g/mol. The van der Waals surface area contributed by atoms with Gasteiger partial charge in [-0.05, 0) is 47.9 Å². The number of aromatic nitrogens is 3. The molecule has 29 heavy (non-hydrogen) atoms. The Morgan fingerprint density at radius 3 is 2.55 bits per heavy atom. The van der Waals surface area contributed by atoms with Crippen LogP contribution in [0.5, 0.6) is 0 Å². The molecule has 4 rings (SSSR count). The lowest BCUT2D eigenvalue weighted by atomic mass is 10.1. The van der Waals surface area contributed by atoms with Crippen LogP contribution in [0.2, 0.25) is 5.02 Å². The molecule has 2 atom stereocenters. The van der Waals surface area contributed by atoms with E-state index in [-0.39, 0.29) is 17.5 Å². The molecule has 1 aromatic heterocycles. The zero-order valence-electron chi connectivity index (χ0n) is 15.9. The highest BCUT2D eigenvalue weighted by Gasteiger charge is 2.30. The molecule has 6 nitrogen and oxygen atoms in total. The molecular formula is C21H21ClFN5O. The number of halogens is 2. The Bertz CT molecular complexity index is 1040. The number of benzene rings is 2. The van der Waals surface area contributed by atoms with Gasteiger partial charge >= 0.3 is 5.69 Å². The molecule has 1 fully saturated rings. The summed E-state index contributed by atoms with van der Waals surface area (Å²) in [5.41, 5.74) is 1.56. The maximum Gasteiger partial charge on any atom is 0.352 e. The Balaban J connectivity index is 1.42. The lowest BCUT2D eigenvalue weighted by molar-refractivity contribution is 0.589. The van der Waals surface area contributed by atoms with E-state index in [1.807, 2.05) is 12.1 Å². The number of nitrogens with zero attached hydrogens (tertiary/aromatic N) is 4. The minimum absolute atomic E-state index is 0.0894. The monoisotopic (exact) mass is 413 g/mol. The van der Waals surface area contributed by atoms with Crippen molar-refractivity contribution in [1.82, 2.24) is 14.5 Å². The summed E-state index contributed by atoms with van der Waals surface area (Å²) < 4.78 is 14.6. The fraction of sp³-hybridized carbons (Fsp3) is 0.286. The van der Waals surface area contributed by atoms with Crippen molar-refractivity contribution in [3.63, 3.8) is 0 Å². The highest BCUT2D eigenvalue weighted by molar-refractivity contribution is 6.30. The number of hydrogen-bond donors (Lipinski definition) is 1. The minimum Gasteiger partial charge on any atom is -0.369 e. The minimum atomic E-state index is -0.363. The molecule has 8 heteroatoms. The number of nitrogens with one attached hydrogen (secondary N) is 1. The second kappa shape index (κ2) is 8.21. The first-order chi connectivity index (χ1) is 14.0. The van der Waals surface area contributed by atoms with Gasteiger partial charge in [0.1, 0.15) is 12.1 Å². The lowest BCUT2D eigenvalue weighted by Gasteiger charge is -2.19. The quantitative estimate of drug-likeness (QED) is 0.694. The van der Waals surface area contributed by atoms with Crippen molar-refractivity contribution < 1.29 is 4.39 Å². The van der Waals surface area contributed by atoms with Crippen molar-refractivity contribution in [2.24, 2.45) is 5.92 Å². The summed E-state index contributed by atoms with van der Waals surface area (Å²) in [6.07, 6.45) is 1.50. The molecular weight excluding hydrogens is 393 g/mol. The van der Waals surface area contributed by atoms with Gasteiger partial charge in [0.2, 0.25) is 5.95 Å². The third-order valence-corrected chi connectivity index (χ3v) is 5.40. The van der Waals surface area contributed by atoms with E-state index in [4.69, 9.17) is 11.6 Å². The van der Waals surface area contributed by atoms with Gasteiger partial charge in [0.25, 0.3) is 0 Å². The average Bonchev–Trinajstić information content (AvgIpc) is 3.06. The van der Waals surface area contributed by atoms with E-state index in [2.05, 4.69) is 27.1 Å². The van der Waals surface area contributed by atoms with Crippen molar-refractivity contribution >= 4 is 23.2 Å². The fourth-order valence-electron chi connectivity index (χ4n) is 3.51. The van der Waals surface area contributed by atoms with E-state index >= 15 is 0 Å². The molecule has 3 aromatic rings. The van der Waals surface area contributed by atoms with Crippen LogP contribution in [0.4, 0.5) is 16.0 Å². The van der Waals surface area contributed by atoms with E-state index in [0.717, 1.165) is 24.3 Å². The smallest absolute Gasteiger partial charge is 0.352 e. The number of rotatable bonds is 5. The number of hydrogen-bond acceptors (Lipinski definition) is 5. The first-order valence-electron chi connectivity index (χ1n) is 9.43. The van der Waals surface area contributed by atoms with Gasteiger partial charge in [0, 0.05) is 23.8 Å². The first kappa shape index (κ1) is 19.4. The van der Waals surface area contributed by atoms with Gasteiger partial charge in [-0.1, -0.05) is 30.7 Å². The highest BCUT2D eigenvalue weighted by atomic mass is 35.5. The number of anilines is 2. The Labute approximate surface area is 173 Å². The summed E-state index contributed by atoms with van der Waals surface area (Å²) in [6, 6.07) is 13.9. The third-order valence-electron chi connectivity index (χ3n) is 5.15. The van der Waals surface area contributed by atoms with Gasteiger partial charge in [-0.15, -0.1) is 0 Å². The summed E-state index contributed by atoms with van der Waals surface area (Å²) in [7, 11) is 0. The second-order valence-corrected chi connectivity index (χ2v) is 7.76. The molecule has 1 aliphatic heterocycles. The van der Waals surface area contributed by atoms with Gasteiger partial charge in [-0.2, -0.15) is 4.98 Å². The van der Waals surface area contributed by atoms with Crippen molar-refractivity contribution in [3.8, 4) is 0 Å². The predicted octanol–water partition coefficient (Wildman–Crippen LogP) is 3.42. The molecule has 2 aromatic carbocycles. The summed E-state index contributed by atoms with van der Waals surface area (Å²) in [4.78, 5) is 23.0. The van der Waals surface area contributed by atoms with Crippen molar-refractivity contribution in [2.75, 3.05) is 23.3 Å². The maximum absolute atomic E-state index is 13.2. The highest BCUT2D eigenvalue weighted by Crippen LogP contribution is 2.25. The Kier molecular flexibility index (Phi) is 5.49. The van der Waals surface area contributed by atoms with Crippen LogP contribution in [0.1, 0.15) is 12.5 Å². The Hall–Kier alpha value is -2.93. The van der Waals surface area contributed by atoms with Gasteiger partial charge in [-0.3, -0.25) is 4.57 Å². The standard InChI is InChI=1S/C21H21ClFN5O/c1-14-10-27(18-8-6-17(23)7-9-18)12-19(14)25-20-24-13-28(21(29)26-20)11-15-2-4-16(22)5-3-15/h2-9,13-14,19H,10-12H2,1H3,(H,25,26,29). The molecule has 2 unspecified atom stereocenters. The van der Waals surface area contributed by atoms with Crippen LogP contribution in [0.15, 0.2) is 59.7 Å². The zero-order valence-corrected chi connectivity index (χ0v) is 16.7. The third kappa shape index (κ3) is 4.56. The molecule has 0 spiro atoms. The molecule has 150 valence electrons. The molecule has 0 bridgehead atoms.